The van der Waals surface area contributed by atoms with Gasteiger partial charge in [-0.1, -0.05) is 30.3 Å². The van der Waals surface area contributed by atoms with Crippen LogP contribution in [0.5, 0.6) is 5.88 Å². The molecule has 33 heavy (non-hydrogen) atoms. The van der Waals surface area contributed by atoms with Crippen molar-refractivity contribution in [2.45, 2.75) is 58.9 Å². The van der Waals surface area contributed by atoms with Crippen LogP contribution in [0.3, 0.4) is 0 Å². The number of hydrogen-bond donors (Lipinski definition) is 0. The number of aromatic nitrogens is 3. The maximum absolute atomic E-state index is 12.7. The van der Waals surface area contributed by atoms with Crippen LogP contribution in [0, 0.1) is 0 Å². The quantitative estimate of drug-likeness (QED) is 0.491. The van der Waals surface area contributed by atoms with Crippen LogP contribution in [0.1, 0.15) is 40.2 Å². The predicted molar refractivity (Wildman–Crippen MR) is 131 cm³/mol. The second kappa shape index (κ2) is 9.21. The summed E-state index contributed by atoms with van der Waals surface area (Å²) in [5.41, 5.74) is 1.24. The van der Waals surface area contributed by atoms with Crippen molar-refractivity contribution < 1.29 is 14.3 Å². The van der Waals surface area contributed by atoms with E-state index in [1.54, 1.807) is 4.90 Å². The molecule has 1 aromatic carbocycles. The standard InChI is InChI=1S/C24H30BrN5O3/c1-16-14-29(23(31)33-24(3,4)5)17(2)13-28(16)22-12-21(26-20-11-19(25)27-30(20)22)32-15-18-9-7-6-8-10-18/h6-12,16-17H,13-15H2,1-5H3/t16-,17+/m0/s1. The fraction of sp³-hybridized carbons (Fsp3) is 0.458. The van der Waals surface area contributed by atoms with E-state index in [4.69, 9.17) is 9.47 Å². The molecule has 0 aliphatic carbocycles. The maximum atomic E-state index is 12.7. The summed E-state index contributed by atoms with van der Waals surface area (Å²) in [7, 11) is 0. The van der Waals surface area contributed by atoms with Crippen LogP contribution >= 0.6 is 15.9 Å². The summed E-state index contributed by atoms with van der Waals surface area (Å²) in [5, 5.41) is 4.58. The smallest absolute Gasteiger partial charge is 0.410 e. The molecule has 1 amide bonds. The maximum Gasteiger partial charge on any atom is 0.410 e. The summed E-state index contributed by atoms with van der Waals surface area (Å²) >= 11 is 3.47. The lowest BCUT2D eigenvalue weighted by atomic mass is 10.1. The normalized spacial score (nSPS) is 19.1. The van der Waals surface area contributed by atoms with Gasteiger partial charge in [0.05, 0.1) is 0 Å². The molecule has 8 nitrogen and oxygen atoms in total. The molecular formula is C24H30BrN5O3. The molecule has 9 heteroatoms. The number of nitrogens with zero attached hydrogens (tertiary/aromatic N) is 5. The molecule has 0 saturated carbocycles. The minimum Gasteiger partial charge on any atom is -0.473 e. The van der Waals surface area contributed by atoms with E-state index in [9.17, 15) is 4.79 Å². The summed E-state index contributed by atoms with van der Waals surface area (Å²) in [6, 6.07) is 13.8. The van der Waals surface area contributed by atoms with Gasteiger partial charge in [0.1, 0.15) is 22.6 Å². The predicted octanol–water partition coefficient (Wildman–Crippen LogP) is 4.90. The van der Waals surface area contributed by atoms with E-state index in [1.165, 1.54) is 0 Å². The van der Waals surface area contributed by atoms with E-state index in [0.717, 1.165) is 11.4 Å². The Kier molecular flexibility index (Phi) is 6.52. The van der Waals surface area contributed by atoms with Crippen LogP contribution < -0.4 is 9.64 Å². The summed E-state index contributed by atoms with van der Waals surface area (Å²) in [6.07, 6.45) is -0.282. The lowest BCUT2D eigenvalue weighted by molar-refractivity contribution is 0.0129. The molecule has 3 aromatic rings. The number of rotatable bonds is 4. The summed E-state index contributed by atoms with van der Waals surface area (Å²) in [5.74, 6) is 1.40. The number of ether oxygens (including phenoxy) is 2. The zero-order valence-corrected chi connectivity index (χ0v) is 21.2. The topological polar surface area (TPSA) is 72.2 Å². The average molecular weight is 516 g/mol. The Labute approximate surface area is 202 Å². The summed E-state index contributed by atoms with van der Waals surface area (Å²) in [6.45, 7) is 11.4. The van der Waals surface area contributed by atoms with E-state index >= 15 is 0 Å². The fourth-order valence-electron chi connectivity index (χ4n) is 3.94. The van der Waals surface area contributed by atoms with E-state index in [-0.39, 0.29) is 18.2 Å². The molecule has 0 N–H and O–H groups in total. The molecular weight excluding hydrogens is 486 g/mol. The van der Waals surface area contributed by atoms with Crippen molar-refractivity contribution in [2.24, 2.45) is 0 Å². The van der Waals surface area contributed by atoms with Crippen LogP contribution in [0.4, 0.5) is 10.6 Å². The molecule has 176 valence electrons. The monoisotopic (exact) mass is 515 g/mol. The molecule has 1 aliphatic rings. The number of halogens is 1. The molecule has 3 heterocycles. The highest BCUT2D eigenvalue weighted by molar-refractivity contribution is 9.10. The first kappa shape index (κ1) is 23.4. The second-order valence-corrected chi connectivity index (χ2v) is 10.3. The number of carbonyl (C=O) groups excluding carboxylic acids is 1. The van der Waals surface area contributed by atoms with Gasteiger partial charge < -0.3 is 19.3 Å². The van der Waals surface area contributed by atoms with Gasteiger partial charge in [-0.05, 0) is 56.1 Å². The minimum atomic E-state index is -0.527. The summed E-state index contributed by atoms with van der Waals surface area (Å²) < 4.78 is 14.2. The Morgan fingerprint density at radius 3 is 2.55 bits per heavy atom. The molecule has 0 bridgehead atoms. The Hall–Kier alpha value is -2.81. The van der Waals surface area contributed by atoms with Crippen molar-refractivity contribution in [3.63, 3.8) is 0 Å². The molecule has 2 aromatic heterocycles. The van der Waals surface area contributed by atoms with Crippen LogP contribution in [-0.4, -0.2) is 56.4 Å². The van der Waals surface area contributed by atoms with Crippen LogP contribution in [0.25, 0.3) is 5.65 Å². The summed E-state index contributed by atoms with van der Waals surface area (Å²) in [4.78, 5) is 21.4. The van der Waals surface area contributed by atoms with Gasteiger partial charge in [0.15, 0.2) is 5.65 Å². The molecule has 4 rings (SSSR count). The minimum absolute atomic E-state index is 0.0352. The van der Waals surface area contributed by atoms with Gasteiger partial charge in [-0.3, -0.25) is 0 Å². The Balaban J connectivity index is 1.59. The molecule has 1 fully saturated rings. The first-order valence-corrected chi connectivity index (χ1v) is 11.9. The van der Waals surface area contributed by atoms with Gasteiger partial charge in [0.25, 0.3) is 0 Å². The Morgan fingerprint density at radius 1 is 1.12 bits per heavy atom. The van der Waals surface area contributed by atoms with Crippen molar-refractivity contribution >= 4 is 33.5 Å². The van der Waals surface area contributed by atoms with Crippen molar-refractivity contribution in [1.29, 1.82) is 0 Å². The first-order valence-electron chi connectivity index (χ1n) is 11.1. The molecule has 1 saturated heterocycles. The second-order valence-electron chi connectivity index (χ2n) is 9.45. The number of amides is 1. The number of fused-ring (bicyclic) bond motifs is 1. The van der Waals surface area contributed by atoms with Crippen LogP contribution in [0.2, 0.25) is 0 Å². The molecule has 0 radical (unpaired) electrons. The van der Waals surface area contributed by atoms with Gasteiger partial charge in [-0.15, -0.1) is 0 Å². The van der Waals surface area contributed by atoms with Gasteiger partial charge >= 0.3 is 6.09 Å². The third-order valence-electron chi connectivity index (χ3n) is 5.49. The van der Waals surface area contributed by atoms with Crippen LogP contribution in [0.15, 0.2) is 47.1 Å². The molecule has 2 atom stereocenters. The van der Waals surface area contributed by atoms with Crippen molar-refractivity contribution in [1.82, 2.24) is 19.5 Å². The van der Waals surface area contributed by atoms with Gasteiger partial charge in [0.2, 0.25) is 5.88 Å². The Bertz CT molecular complexity index is 1130. The molecule has 1 aliphatic heterocycles. The number of piperazine rings is 1. The van der Waals surface area contributed by atoms with E-state index < -0.39 is 5.60 Å². The van der Waals surface area contributed by atoms with Crippen molar-refractivity contribution in [3.05, 3.63) is 52.6 Å². The van der Waals surface area contributed by atoms with Gasteiger partial charge in [0, 0.05) is 37.3 Å². The average Bonchev–Trinajstić information content (AvgIpc) is 3.12. The number of anilines is 1. The largest absolute Gasteiger partial charge is 0.473 e. The highest BCUT2D eigenvalue weighted by Gasteiger charge is 2.35. The lowest BCUT2D eigenvalue weighted by Gasteiger charge is -2.45. The van der Waals surface area contributed by atoms with E-state index in [2.05, 4.69) is 37.8 Å². The number of benzene rings is 1. The SMILES string of the molecule is C[C@@H]1CN(c2cc(OCc3ccccc3)nc3cc(Br)nn23)[C@@H](C)CN1C(=O)OC(C)(C)C. The lowest BCUT2D eigenvalue weighted by Crippen LogP contribution is -2.59. The number of hydrogen-bond acceptors (Lipinski definition) is 6. The zero-order valence-electron chi connectivity index (χ0n) is 19.7. The highest BCUT2D eigenvalue weighted by Crippen LogP contribution is 2.29. The Morgan fingerprint density at radius 2 is 1.85 bits per heavy atom. The van der Waals surface area contributed by atoms with E-state index in [1.807, 2.05) is 74.7 Å². The third-order valence-corrected chi connectivity index (χ3v) is 5.88. The van der Waals surface area contributed by atoms with Gasteiger partial charge in [-0.25, -0.2) is 4.79 Å². The molecule has 0 unspecified atom stereocenters. The highest BCUT2D eigenvalue weighted by atomic mass is 79.9. The number of carbonyl (C=O) groups is 1. The van der Waals surface area contributed by atoms with Crippen molar-refractivity contribution in [3.8, 4) is 5.88 Å². The fourth-order valence-corrected chi connectivity index (χ4v) is 4.30. The van der Waals surface area contributed by atoms with Crippen molar-refractivity contribution in [2.75, 3.05) is 18.0 Å². The third kappa shape index (κ3) is 5.40. The molecule has 0 spiro atoms. The first-order chi connectivity index (χ1) is 15.6. The van der Waals surface area contributed by atoms with Crippen LogP contribution in [-0.2, 0) is 11.3 Å². The van der Waals surface area contributed by atoms with E-state index in [0.29, 0.717) is 35.8 Å². The zero-order chi connectivity index (χ0) is 23.8. The van der Waals surface area contributed by atoms with Gasteiger partial charge in [-0.2, -0.15) is 14.6 Å².